The number of rotatable bonds is 6. The predicted molar refractivity (Wildman–Crippen MR) is 92.6 cm³/mol. The lowest BCUT2D eigenvalue weighted by Gasteiger charge is -2.04. The number of halogens is 1. The lowest BCUT2D eigenvalue weighted by molar-refractivity contribution is 0.0947. The van der Waals surface area contributed by atoms with Crippen LogP contribution in [0.1, 0.15) is 16.1 Å². The Hall–Kier alpha value is -3.35. The maximum Gasteiger partial charge on any atom is 0.251 e. The van der Waals surface area contributed by atoms with E-state index < -0.39 is 5.82 Å². The molecule has 3 aromatic rings. The molecule has 0 radical (unpaired) electrons. The number of benzene rings is 2. The summed E-state index contributed by atoms with van der Waals surface area (Å²) >= 11 is 0. The number of hydrogen-bond acceptors (Lipinski definition) is 5. The predicted octanol–water partition coefficient (Wildman–Crippen LogP) is 3.43. The molecule has 0 aliphatic heterocycles. The quantitative estimate of drug-likeness (QED) is 0.732. The lowest BCUT2D eigenvalue weighted by atomic mass is 10.1. The molecule has 134 valence electrons. The van der Waals surface area contributed by atoms with Crippen molar-refractivity contribution in [2.24, 2.45) is 0 Å². The third kappa shape index (κ3) is 3.83. The number of hydrogen-bond donors (Lipinski definition) is 1. The normalized spacial score (nSPS) is 10.4. The smallest absolute Gasteiger partial charge is 0.251 e. The van der Waals surface area contributed by atoms with Gasteiger partial charge in [0.1, 0.15) is 23.0 Å². The molecule has 0 unspecified atom stereocenters. The van der Waals surface area contributed by atoms with E-state index in [-0.39, 0.29) is 12.5 Å². The fourth-order valence-electron chi connectivity index (χ4n) is 2.37. The summed E-state index contributed by atoms with van der Waals surface area (Å²) in [5, 5.41) is 6.58. The SMILES string of the molecule is COc1ccc(C(=O)NCc2cc(-c3ccc(OC)cc3F)no2)cc1. The molecule has 0 aliphatic rings. The molecule has 26 heavy (non-hydrogen) atoms. The van der Waals surface area contributed by atoms with Gasteiger partial charge in [-0.15, -0.1) is 0 Å². The highest BCUT2D eigenvalue weighted by Crippen LogP contribution is 2.26. The fourth-order valence-corrected chi connectivity index (χ4v) is 2.37. The molecule has 1 heterocycles. The van der Waals surface area contributed by atoms with Crippen molar-refractivity contribution in [1.82, 2.24) is 10.5 Å². The number of nitrogens with one attached hydrogen (secondary N) is 1. The van der Waals surface area contributed by atoms with E-state index in [0.29, 0.717) is 34.1 Å². The third-order valence-electron chi connectivity index (χ3n) is 3.79. The number of amides is 1. The van der Waals surface area contributed by atoms with Crippen LogP contribution in [0.15, 0.2) is 53.1 Å². The third-order valence-corrected chi connectivity index (χ3v) is 3.79. The summed E-state index contributed by atoms with van der Waals surface area (Å²) in [6.07, 6.45) is 0. The first kappa shape index (κ1) is 17.5. The summed E-state index contributed by atoms with van der Waals surface area (Å²) in [4.78, 5) is 12.1. The van der Waals surface area contributed by atoms with Crippen LogP contribution in [0.2, 0.25) is 0 Å². The van der Waals surface area contributed by atoms with Gasteiger partial charge < -0.3 is 19.3 Å². The van der Waals surface area contributed by atoms with E-state index in [1.54, 1.807) is 49.6 Å². The molecule has 0 atom stereocenters. The minimum atomic E-state index is -0.466. The van der Waals surface area contributed by atoms with E-state index in [2.05, 4.69) is 10.5 Å². The molecular formula is C19H17FN2O4. The largest absolute Gasteiger partial charge is 0.497 e. The van der Waals surface area contributed by atoms with Crippen LogP contribution in [0.25, 0.3) is 11.3 Å². The van der Waals surface area contributed by atoms with Gasteiger partial charge in [0.2, 0.25) is 0 Å². The van der Waals surface area contributed by atoms with Gasteiger partial charge in [-0.25, -0.2) is 4.39 Å². The molecular weight excluding hydrogens is 339 g/mol. The molecule has 2 aromatic carbocycles. The highest BCUT2D eigenvalue weighted by molar-refractivity contribution is 5.94. The van der Waals surface area contributed by atoms with E-state index in [1.165, 1.54) is 13.2 Å². The Morgan fingerprint density at radius 2 is 1.77 bits per heavy atom. The Labute approximate surface area is 149 Å². The van der Waals surface area contributed by atoms with Gasteiger partial charge in [-0.05, 0) is 36.4 Å². The summed E-state index contributed by atoms with van der Waals surface area (Å²) in [5.41, 5.74) is 1.13. The summed E-state index contributed by atoms with van der Waals surface area (Å²) in [6, 6.07) is 12.8. The van der Waals surface area contributed by atoms with Crippen LogP contribution in [-0.2, 0) is 6.54 Å². The second-order valence-electron chi connectivity index (χ2n) is 5.44. The second kappa shape index (κ2) is 7.69. The molecule has 1 aromatic heterocycles. The van der Waals surface area contributed by atoms with E-state index in [9.17, 15) is 9.18 Å². The topological polar surface area (TPSA) is 73.6 Å². The number of ether oxygens (including phenoxy) is 2. The lowest BCUT2D eigenvalue weighted by Crippen LogP contribution is -2.22. The van der Waals surface area contributed by atoms with Crippen molar-refractivity contribution in [3.8, 4) is 22.8 Å². The van der Waals surface area contributed by atoms with Crippen LogP contribution in [0.4, 0.5) is 4.39 Å². The average Bonchev–Trinajstić information content (AvgIpc) is 3.14. The standard InChI is InChI=1S/C19H17FN2O4/c1-24-13-5-3-12(4-6-13)19(23)21-11-15-10-18(22-26-15)16-8-7-14(25-2)9-17(16)20/h3-10H,11H2,1-2H3,(H,21,23). The maximum absolute atomic E-state index is 14.1. The van der Waals surface area contributed by atoms with Crippen LogP contribution >= 0.6 is 0 Å². The minimum Gasteiger partial charge on any atom is -0.497 e. The Bertz CT molecular complexity index is 906. The van der Waals surface area contributed by atoms with Gasteiger partial charge >= 0.3 is 0 Å². The van der Waals surface area contributed by atoms with E-state index >= 15 is 0 Å². The molecule has 0 fully saturated rings. The van der Waals surface area contributed by atoms with Gasteiger partial charge in [0.05, 0.1) is 20.8 Å². The summed E-state index contributed by atoms with van der Waals surface area (Å²) in [5.74, 6) is 0.773. The van der Waals surface area contributed by atoms with Crippen LogP contribution in [0.5, 0.6) is 11.5 Å². The van der Waals surface area contributed by atoms with E-state index in [4.69, 9.17) is 14.0 Å². The molecule has 0 saturated heterocycles. The number of carbonyl (C=O) groups is 1. The highest BCUT2D eigenvalue weighted by atomic mass is 19.1. The van der Waals surface area contributed by atoms with Crippen molar-refractivity contribution in [3.63, 3.8) is 0 Å². The van der Waals surface area contributed by atoms with E-state index in [0.717, 1.165) is 0 Å². The molecule has 0 spiro atoms. The van der Waals surface area contributed by atoms with Crippen molar-refractivity contribution >= 4 is 5.91 Å². The first-order valence-corrected chi connectivity index (χ1v) is 7.82. The Balaban J connectivity index is 1.65. The van der Waals surface area contributed by atoms with Crippen LogP contribution in [0, 0.1) is 5.82 Å². The summed E-state index contributed by atoms with van der Waals surface area (Å²) < 4.78 is 29.3. The number of aromatic nitrogens is 1. The molecule has 0 saturated carbocycles. The van der Waals surface area contributed by atoms with Crippen LogP contribution in [0.3, 0.4) is 0 Å². The average molecular weight is 356 g/mol. The number of nitrogens with zero attached hydrogens (tertiary/aromatic N) is 1. The molecule has 3 rings (SSSR count). The first-order chi connectivity index (χ1) is 12.6. The second-order valence-corrected chi connectivity index (χ2v) is 5.44. The van der Waals surface area contributed by atoms with Gasteiger partial charge in [0.25, 0.3) is 5.91 Å². The van der Waals surface area contributed by atoms with Gasteiger partial charge in [-0.1, -0.05) is 5.16 Å². The van der Waals surface area contributed by atoms with Crippen molar-refractivity contribution in [3.05, 3.63) is 65.7 Å². The highest BCUT2D eigenvalue weighted by Gasteiger charge is 2.13. The zero-order valence-electron chi connectivity index (χ0n) is 14.3. The fraction of sp³-hybridized carbons (Fsp3) is 0.158. The maximum atomic E-state index is 14.1. The van der Waals surface area contributed by atoms with Gasteiger partial charge in [0.15, 0.2) is 5.76 Å². The van der Waals surface area contributed by atoms with Crippen molar-refractivity contribution in [1.29, 1.82) is 0 Å². The van der Waals surface area contributed by atoms with Gasteiger partial charge in [-0.2, -0.15) is 0 Å². The van der Waals surface area contributed by atoms with Crippen molar-refractivity contribution in [2.45, 2.75) is 6.54 Å². The first-order valence-electron chi connectivity index (χ1n) is 7.82. The van der Waals surface area contributed by atoms with Crippen LogP contribution < -0.4 is 14.8 Å². The van der Waals surface area contributed by atoms with Gasteiger partial charge in [0, 0.05) is 23.3 Å². The number of methoxy groups -OCH3 is 2. The molecule has 0 aliphatic carbocycles. The van der Waals surface area contributed by atoms with E-state index in [1.807, 2.05) is 0 Å². The Morgan fingerprint density at radius 1 is 1.08 bits per heavy atom. The molecule has 6 nitrogen and oxygen atoms in total. The van der Waals surface area contributed by atoms with Crippen LogP contribution in [-0.4, -0.2) is 25.3 Å². The molecule has 0 bridgehead atoms. The van der Waals surface area contributed by atoms with Crippen molar-refractivity contribution < 1.29 is 23.2 Å². The Morgan fingerprint density at radius 3 is 2.42 bits per heavy atom. The number of carbonyl (C=O) groups excluding carboxylic acids is 1. The summed E-state index contributed by atoms with van der Waals surface area (Å²) in [6.45, 7) is 0.135. The molecule has 1 N–H and O–H groups in total. The monoisotopic (exact) mass is 356 g/mol. The minimum absolute atomic E-state index is 0.135. The molecule has 1 amide bonds. The molecule has 7 heteroatoms. The van der Waals surface area contributed by atoms with Gasteiger partial charge in [-0.3, -0.25) is 4.79 Å². The Kier molecular flexibility index (Phi) is 5.17. The zero-order chi connectivity index (χ0) is 18.5. The van der Waals surface area contributed by atoms with Crippen molar-refractivity contribution in [2.75, 3.05) is 14.2 Å². The zero-order valence-corrected chi connectivity index (χ0v) is 14.3. The summed E-state index contributed by atoms with van der Waals surface area (Å²) in [7, 11) is 3.02.